The second-order valence-corrected chi connectivity index (χ2v) is 13.0. The van der Waals surface area contributed by atoms with Gasteiger partial charge in [0, 0.05) is 40.4 Å². The molecule has 3 heterocycles. The van der Waals surface area contributed by atoms with Crippen LogP contribution < -0.4 is 5.32 Å². The minimum atomic E-state index is -4.08. The van der Waals surface area contributed by atoms with Crippen LogP contribution in [0.1, 0.15) is 31.9 Å². The molecule has 1 aliphatic heterocycles. The van der Waals surface area contributed by atoms with Crippen LogP contribution in [0.25, 0.3) is 11.0 Å². The van der Waals surface area contributed by atoms with Gasteiger partial charge in [0.15, 0.2) is 6.23 Å². The lowest BCUT2D eigenvalue weighted by atomic mass is 10.1. The quantitative estimate of drug-likeness (QED) is 0.214. The Morgan fingerprint density at radius 2 is 1.71 bits per heavy atom. The lowest BCUT2D eigenvalue weighted by Crippen LogP contribution is -2.34. The summed E-state index contributed by atoms with van der Waals surface area (Å²) in [5.74, 6) is -0.356. The average molecular weight is 633 g/mol. The van der Waals surface area contributed by atoms with Crippen LogP contribution in [0.15, 0.2) is 12.3 Å². The number of carbonyl (C=O) groups excluding carboxylic acids is 2. The van der Waals surface area contributed by atoms with Crippen LogP contribution in [0.5, 0.6) is 0 Å². The summed E-state index contributed by atoms with van der Waals surface area (Å²) in [6.45, 7) is -1.43. The molecular weight excluding hydrogens is 595 g/mol. The molecular formula is C25H38ClN6O9P. The minimum absolute atomic E-state index is 0.0205. The first-order chi connectivity index (χ1) is 19.9. The van der Waals surface area contributed by atoms with Crippen LogP contribution in [0.4, 0.5) is 5.82 Å². The predicted molar refractivity (Wildman–Crippen MR) is 152 cm³/mol. The molecule has 0 spiro atoms. The Labute approximate surface area is 248 Å². The van der Waals surface area contributed by atoms with Gasteiger partial charge < -0.3 is 39.4 Å². The highest BCUT2D eigenvalue weighted by molar-refractivity contribution is 7.53. The van der Waals surface area contributed by atoms with E-state index in [0.29, 0.717) is 16.9 Å². The SMILES string of the molecule is CN(C)C(=O)COP(=O)(COC[C@H]1O[C@@H](n2ccc3c(NC4CCCC4)nc(Cl)nc32)[C@H](O)[C@@H]1O)OCC(=O)N(C)C. The number of hydrogen-bond donors (Lipinski definition) is 3. The fourth-order valence-corrected chi connectivity index (χ4v) is 5.97. The largest absolute Gasteiger partial charge is 0.387 e. The summed E-state index contributed by atoms with van der Waals surface area (Å²) in [7, 11) is 1.94. The third-order valence-corrected chi connectivity index (χ3v) is 8.86. The lowest BCUT2D eigenvalue weighted by molar-refractivity contribution is -0.131. The number of amides is 2. The monoisotopic (exact) mass is 632 g/mol. The van der Waals surface area contributed by atoms with Crippen molar-refractivity contribution in [1.29, 1.82) is 0 Å². The molecule has 4 rings (SSSR count). The third-order valence-electron chi connectivity index (χ3n) is 7.15. The molecule has 17 heteroatoms. The number of nitrogens with one attached hydrogen (secondary N) is 1. The zero-order chi connectivity index (χ0) is 30.6. The number of likely N-dealkylation sites (N-methyl/N-ethyl adjacent to an activating group) is 2. The summed E-state index contributed by atoms with van der Waals surface area (Å²) in [6, 6.07) is 2.06. The van der Waals surface area contributed by atoms with E-state index in [1.807, 2.05) is 0 Å². The van der Waals surface area contributed by atoms with Crippen molar-refractivity contribution in [2.45, 2.75) is 56.3 Å². The highest BCUT2D eigenvalue weighted by Gasteiger charge is 2.44. The van der Waals surface area contributed by atoms with E-state index in [2.05, 4.69) is 15.3 Å². The number of nitrogens with zero attached hydrogens (tertiary/aromatic N) is 5. The molecule has 1 saturated carbocycles. The van der Waals surface area contributed by atoms with E-state index in [1.165, 1.54) is 38.0 Å². The number of rotatable bonds is 13. The molecule has 3 N–H and O–H groups in total. The summed E-state index contributed by atoms with van der Waals surface area (Å²) < 4.78 is 36.8. The van der Waals surface area contributed by atoms with Crippen molar-refractivity contribution in [2.24, 2.45) is 0 Å². The van der Waals surface area contributed by atoms with Crippen molar-refractivity contribution in [2.75, 3.05) is 59.7 Å². The molecule has 2 amide bonds. The van der Waals surface area contributed by atoms with E-state index in [0.717, 1.165) is 25.7 Å². The molecule has 0 unspecified atom stereocenters. The van der Waals surface area contributed by atoms with Crippen molar-refractivity contribution in [3.05, 3.63) is 17.5 Å². The van der Waals surface area contributed by atoms with Crippen LogP contribution in [-0.4, -0.2) is 125 Å². The first-order valence-electron chi connectivity index (χ1n) is 13.6. The molecule has 1 saturated heterocycles. The van der Waals surface area contributed by atoms with Gasteiger partial charge in [-0.2, -0.15) is 4.98 Å². The maximum Gasteiger partial charge on any atom is 0.357 e. The Morgan fingerprint density at radius 1 is 1.10 bits per heavy atom. The van der Waals surface area contributed by atoms with E-state index in [1.54, 1.807) is 16.8 Å². The lowest BCUT2D eigenvalue weighted by Gasteiger charge is -2.21. The standard InChI is InChI=1S/C25H38ClN6O9P/c1-30(2)18(33)12-39-42(37,40-13-19(34)31(3)4)14-38-11-17-20(35)21(36)24(41-17)32-10-9-16-22(27-15-7-5-6-8-15)28-25(26)29-23(16)32/h9-10,15,17,20-21,24,35-36H,5-8,11-14H2,1-4H3,(H,27,28,29)/t17-,20-,21-,24-/m1/s1. The summed E-state index contributed by atoms with van der Waals surface area (Å²) in [5, 5.41) is 25.7. The summed E-state index contributed by atoms with van der Waals surface area (Å²) in [6.07, 6.45) is 0.581. The molecule has 0 radical (unpaired) electrons. The Bertz CT molecular complexity index is 1280. The van der Waals surface area contributed by atoms with Crippen molar-refractivity contribution in [1.82, 2.24) is 24.3 Å². The second kappa shape index (κ2) is 14.0. The molecule has 2 fully saturated rings. The van der Waals surface area contributed by atoms with Crippen LogP contribution in [0, 0.1) is 0 Å². The Balaban J connectivity index is 1.42. The number of hydrogen-bond acceptors (Lipinski definition) is 12. The maximum atomic E-state index is 13.3. The fraction of sp³-hybridized carbons (Fsp3) is 0.680. The molecule has 42 heavy (non-hydrogen) atoms. The van der Waals surface area contributed by atoms with Crippen LogP contribution >= 0.6 is 19.2 Å². The Morgan fingerprint density at radius 3 is 2.31 bits per heavy atom. The van der Waals surface area contributed by atoms with Gasteiger partial charge in [-0.05, 0) is 30.5 Å². The molecule has 2 aromatic rings. The normalized spacial score (nSPS) is 23.0. The van der Waals surface area contributed by atoms with Gasteiger partial charge in [0.25, 0.3) is 0 Å². The van der Waals surface area contributed by atoms with Gasteiger partial charge in [0.05, 0.1) is 12.0 Å². The maximum absolute atomic E-state index is 13.3. The van der Waals surface area contributed by atoms with Crippen LogP contribution in [0.2, 0.25) is 5.28 Å². The van der Waals surface area contributed by atoms with E-state index in [-0.39, 0.29) is 17.9 Å². The number of fused-ring (bicyclic) bond motifs is 1. The molecule has 1 aliphatic carbocycles. The summed E-state index contributed by atoms with van der Waals surface area (Å²) in [4.78, 5) is 35.1. The number of anilines is 1. The number of aliphatic hydroxyl groups is 2. The summed E-state index contributed by atoms with van der Waals surface area (Å²) in [5.41, 5.74) is 0.413. The molecule has 15 nitrogen and oxygen atoms in total. The molecule has 2 aliphatic rings. The second-order valence-electron chi connectivity index (χ2n) is 10.7. The highest BCUT2D eigenvalue weighted by Crippen LogP contribution is 2.48. The molecule has 4 atom stereocenters. The van der Waals surface area contributed by atoms with Gasteiger partial charge in [-0.1, -0.05) is 12.8 Å². The van der Waals surface area contributed by atoms with E-state index >= 15 is 0 Å². The van der Waals surface area contributed by atoms with Gasteiger partial charge >= 0.3 is 7.60 Å². The topological polar surface area (TPSA) is 178 Å². The zero-order valence-corrected chi connectivity index (χ0v) is 25.7. The van der Waals surface area contributed by atoms with E-state index in [9.17, 15) is 24.4 Å². The number of ether oxygens (including phenoxy) is 2. The molecule has 0 bridgehead atoms. The molecule has 2 aromatic heterocycles. The van der Waals surface area contributed by atoms with Gasteiger partial charge in [0.1, 0.15) is 49.3 Å². The van der Waals surface area contributed by atoms with Crippen LogP contribution in [0.3, 0.4) is 0 Å². The zero-order valence-electron chi connectivity index (χ0n) is 24.0. The minimum Gasteiger partial charge on any atom is -0.387 e. The number of aromatic nitrogens is 3. The van der Waals surface area contributed by atoms with Crippen molar-refractivity contribution in [3.63, 3.8) is 0 Å². The fourth-order valence-electron chi connectivity index (χ4n) is 4.64. The Kier molecular flexibility index (Phi) is 10.8. The van der Waals surface area contributed by atoms with Crippen LogP contribution in [-0.2, 0) is 32.7 Å². The number of carbonyl (C=O) groups is 2. The van der Waals surface area contributed by atoms with Gasteiger partial charge in [0.2, 0.25) is 17.1 Å². The van der Waals surface area contributed by atoms with Crippen molar-refractivity contribution >= 4 is 47.9 Å². The van der Waals surface area contributed by atoms with Crippen molar-refractivity contribution < 1.29 is 42.9 Å². The van der Waals surface area contributed by atoms with Gasteiger partial charge in [-0.3, -0.25) is 23.2 Å². The smallest absolute Gasteiger partial charge is 0.357 e. The third kappa shape index (κ3) is 7.77. The van der Waals surface area contributed by atoms with Gasteiger partial charge in [-0.25, -0.2) is 4.98 Å². The summed E-state index contributed by atoms with van der Waals surface area (Å²) >= 11 is 6.23. The van der Waals surface area contributed by atoms with E-state index < -0.39 is 63.5 Å². The Hall–Kier alpha value is -2.36. The molecule has 234 valence electrons. The first kappa shape index (κ1) is 32.6. The molecule has 0 aromatic carbocycles. The number of aliphatic hydroxyl groups excluding tert-OH is 2. The van der Waals surface area contributed by atoms with Crippen molar-refractivity contribution in [3.8, 4) is 0 Å². The van der Waals surface area contributed by atoms with Gasteiger partial charge in [-0.15, -0.1) is 0 Å². The average Bonchev–Trinajstić information content (AvgIpc) is 3.67. The first-order valence-corrected chi connectivity index (χ1v) is 15.7. The predicted octanol–water partition coefficient (Wildman–Crippen LogP) is 1.44. The number of halogens is 1. The highest BCUT2D eigenvalue weighted by atomic mass is 35.5. The van der Waals surface area contributed by atoms with E-state index in [4.69, 9.17) is 30.1 Å².